The smallest absolute Gasteiger partial charge is 0.171 e. The molecule has 0 spiro atoms. The van der Waals surface area contributed by atoms with E-state index in [4.69, 9.17) is 21.7 Å². The third kappa shape index (κ3) is 4.63. The summed E-state index contributed by atoms with van der Waals surface area (Å²) in [5.41, 5.74) is 1.83. The van der Waals surface area contributed by atoms with Gasteiger partial charge in [0.15, 0.2) is 5.11 Å². The van der Waals surface area contributed by atoms with Crippen LogP contribution in [0.25, 0.3) is 0 Å². The third-order valence-corrected chi connectivity index (χ3v) is 2.41. The van der Waals surface area contributed by atoms with E-state index in [-0.39, 0.29) is 0 Å². The van der Waals surface area contributed by atoms with Gasteiger partial charge in [0.2, 0.25) is 0 Å². The van der Waals surface area contributed by atoms with Crippen LogP contribution in [0.2, 0.25) is 0 Å². The molecule has 18 heavy (non-hydrogen) atoms. The molecule has 0 atom stereocenters. The quantitative estimate of drug-likeness (QED) is 0.633. The van der Waals surface area contributed by atoms with Gasteiger partial charge in [-0.2, -0.15) is 0 Å². The molecule has 0 amide bonds. The van der Waals surface area contributed by atoms with Crippen LogP contribution in [0.5, 0.6) is 11.5 Å². The molecule has 1 rings (SSSR count). The molecule has 98 valence electrons. The zero-order valence-electron chi connectivity index (χ0n) is 10.9. The number of methoxy groups -OCH3 is 2. The van der Waals surface area contributed by atoms with Gasteiger partial charge in [-0.15, -0.1) is 0 Å². The van der Waals surface area contributed by atoms with Gasteiger partial charge in [0.05, 0.1) is 14.2 Å². The summed E-state index contributed by atoms with van der Waals surface area (Å²) in [4.78, 5) is 0. The van der Waals surface area contributed by atoms with Gasteiger partial charge in [-0.25, -0.2) is 0 Å². The van der Waals surface area contributed by atoms with Gasteiger partial charge in [0.1, 0.15) is 11.5 Å². The second-order valence-corrected chi connectivity index (χ2v) is 4.27. The van der Waals surface area contributed by atoms with E-state index in [1.807, 2.05) is 19.1 Å². The number of nitrogens with one attached hydrogen (secondary N) is 2. The molecule has 1 aromatic rings. The van der Waals surface area contributed by atoms with Crippen molar-refractivity contribution in [2.45, 2.75) is 6.92 Å². The minimum absolute atomic E-state index is 0.535. The van der Waals surface area contributed by atoms with Gasteiger partial charge in [-0.3, -0.25) is 0 Å². The first-order valence-electron chi connectivity index (χ1n) is 5.47. The van der Waals surface area contributed by atoms with Crippen molar-refractivity contribution in [2.24, 2.45) is 0 Å². The van der Waals surface area contributed by atoms with Gasteiger partial charge in [0.25, 0.3) is 0 Å². The van der Waals surface area contributed by atoms with Crippen LogP contribution in [-0.4, -0.2) is 25.9 Å². The number of anilines is 1. The molecule has 0 saturated carbocycles. The van der Waals surface area contributed by atoms with Gasteiger partial charge < -0.3 is 20.1 Å². The second kappa shape index (κ2) is 6.86. The van der Waals surface area contributed by atoms with Gasteiger partial charge in [-0.05, 0) is 19.1 Å². The van der Waals surface area contributed by atoms with Crippen molar-refractivity contribution in [1.82, 2.24) is 5.32 Å². The Morgan fingerprint density at radius 3 is 2.22 bits per heavy atom. The summed E-state index contributed by atoms with van der Waals surface area (Å²) in [5, 5.41) is 6.65. The van der Waals surface area contributed by atoms with Crippen molar-refractivity contribution in [3.8, 4) is 11.5 Å². The number of ether oxygens (including phenoxy) is 2. The Balaban J connectivity index is 2.71. The van der Waals surface area contributed by atoms with Crippen LogP contribution in [0, 0.1) is 0 Å². The summed E-state index contributed by atoms with van der Waals surface area (Å²) < 4.78 is 10.4. The molecule has 0 aromatic heterocycles. The van der Waals surface area contributed by atoms with Crippen LogP contribution < -0.4 is 20.1 Å². The van der Waals surface area contributed by atoms with Crippen molar-refractivity contribution >= 4 is 23.0 Å². The lowest BCUT2D eigenvalue weighted by molar-refractivity contribution is 0.395. The second-order valence-electron chi connectivity index (χ2n) is 3.87. The highest BCUT2D eigenvalue weighted by atomic mass is 32.1. The largest absolute Gasteiger partial charge is 0.497 e. The lowest BCUT2D eigenvalue weighted by Crippen LogP contribution is -2.29. The predicted molar refractivity (Wildman–Crippen MR) is 78.6 cm³/mol. The normalized spacial score (nSPS) is 9.50. The first-order valence-corrected chi connectivity index (χ1v) is 5.88. The molecule has 0 radical (unpaired) electrons. The van der Waals surface area contributed by atoms with Crippen molar-refractivity contribution in [2.75, 3.05) is 26.1 Å². The minimum atomic E-state index is 0.535. The number of benzene rings is 1. The molecule has 1 aromatic carbocycles. The Morgan fingerprint density at radius 2 is 1.78 bits per heavy atom. The zero-order chi connectivity index (χ0) is 13.5. The van der Waals surface area contributed by atoms with Crippen molar-refractivity contribution < 1.29 is 9.47 Å². The average molecular weight is 266 g/mol. The van der Waals surface area contributed by atoms with Gasteiger partial charge in [0, 0.05) is 30.4 Å². The topological polar surface area (TPSA) is 42.5 Å². The molecule has 0 aliphatic carbocycles. The van der Waals surface area contributed by atoms with E-state index in [2.05, 4.69) is 17.2 Å². The maximum atomic E-state index is 5.18. The number of hydrogen-bond acceptors (Lipinski definition) is 3. The first-order chi connectivity index (χ1) is 8.55. The summed E-state index contributed by atoms with van der Waals surface area (Å²) in [6.45, 7) is 6.38. The Kier molecular flexibility index (Phi) is 5.45. The molecule has 0 bridgehead atoms. The summed E-state index contributed by atoms with van der Waals surface area (Å²) >= 11 is 5.17. The lowest BCUT2D eigenvalue weighted by Gasteiger charge is -2.12. The summed E-state index contributed by atoms with van der Waals surface area (Å²) in [6.07, 6.45) is 0. The zero-order valence-corrected chi connectivity index (χ0v) is 11.7. The molecule has 4 nitrogen and oxygen atoms in total. The van der Waals surface area contributed by atoms with Crippen LogP contribution >= 0.6 is 12.2 Å². The van der Waals surface area contributed by atoms with Gasteiger partial charge >= 0.3 is 0 Å². The molecule has 0 aliphatic heterocycles. The molecule has 0 saturated heterocycles. The van der Waals surface area contributed by atoms with E-state index in [1.165, 1.54) is 0 Å². The fourth-order valence-electron chi connectivity index (χ4n) is 1.29. The first kappa shape index (κ1) is 14.3. The summed E-state index contributed by atoms with van der Waals surface area (Å²) in [5.74, 6) is 1.42. The standard InChI is InChI=1S/C13H18N2O2S/c1-9(2)8-14-13(18)15-10-5-11(16-3)7-12(6-10)17-4/h5-7H,1,8H2,2-4H3,(H2,14,15,18). The third-order valence-electron chi connectivity index (χ3n) is 2.16. The monoisotopic (exact) mass is 266 g/mol. The molecule has 5 heteroatoms. The maximum Gasteiger partial charge on any atom is 0.171 e. The summed E-state index contributed by atoms with van der Waals surface area (Å²) in [6, 6.07) is 5.49. The Morgan fingerprint density at radius 1 is 1.22 bits per heavy atom. The molecular formula is C13H18N2O2S. The van der Waals surface area contributed by atoms with E-state index in [0.717, 1.165) is 11.3 Å². The highest BCUT2D eigenvalue weighted by Crippen LogP contribution is 2.25. The number of thiocarbonyl (C=S) groups is 1. The lowest BCUT2D eigenvalue weighted by atomic mass is 10.3. The van der Waals surface area contributed by atoms with Crippen LogP contribution in [0.4, 0.5) is 5.69 Å². The summed E-state index contributed by atoms with van der Waals surface area (Å²) in [7, 11) is 3.21. The van der Waals surface area contributed by atoms with E-state index < -0.39 is 0 Å². The molecular weight excluding hydrogens is 248 g/mol. The van der Waals surface area contributed by atoms with E-state index >= 15 is 0 Å². The molecule has 0 unspecified atom stereocenters. The van der Waals surface area contributed by atoms with Gasteiger partial charge in [-0.1, -0.05) is 12.2 Å². The molecule has 0 fully saturated rings. The average Bonchev–Trinajstić information content (AvgIpc) is 2.35. The van der Waals surface area contributed by atoms with Crippen LogP contribution in [0.1, 0.15) is 6.92 Å². The van der Waals surface area contributed by atoms with Crippen molar-refractivity contribution in [3.63, 3.8) is 0 Å². The highest BCUT2D eigenvalue weighted by molar-refractivity contribution is 7.80. The van der Waals surface area contributed by atoms with Crippen LogP contribution in [0.3, 0.4) is 0 Å². The SMILES string of the molecule is C=C(C)CNC(=S)Nc1cc(OC)cc(OC)c1. The number of hydrogen-bond donors (Lipinski definition) is 2. The van der Waals surface area contributed by atoms with E-state index in [0.29, 0.717) is 23.2 Å². The minimum Gasteiger partial charge on any atom is -0.497 e. The van der Waals surface area contributed by atoms with Crippen LogP contribution in [0.15, 0.2) is 30.4 Å². The molecule has 2 N–H and O–H groups in total. The fraction of sp³-hybridized carbons (Fsp3) is 0.308. The Labute approximate surface area is 113 Å². The highest BCUT2D eigenvalue weighted by Gasteiger charge is 2.03. The maximum absolute atomic E-state index is 5.18. The van der Waals surface area contributed by atoms with Crippen LogP contribution in [-0.2, 0) is 0 Å². The van der Waals surface area contributed by atoms with E-state index in [1.54, 1.807) is 20.3 Å². The Bertz CT molecular complexity index is 424. The Hall–Kier alpha value is -1.75. The predicted octanol–water partition coefficient (Wildman–Crippen LogP) is 2.57. The number of rotatable bonds is 5. The van der Waals surface area contributed by atoms with E-state index in [9.17, 15) is 0 Å². The molecule has 0 heterocycles. The molecule has 0 aliphatic rings. The van der Waals surface area contributed by atoms with Crippen molar-refractivity contribution in [3.05, 3.63) is 30.4 Å². The van der Waals surface area contributed by atoms with Crippen molar-refractivity contribution in [1.29, 1.82) is 0 Å². The fourth-order valence-corrected chi connectivity index (χ4v) is 1.48.